The second-order valence-corrected chi connectivity index (χ2v) is 9.81. The van der Waals surface area contributed by atoms with Crippen molar-refractivity contribution < 1.29 is 26.4 Å². The van der Waals surface area contributed by atoms with E-state index in [1.54, 1.807) is 42.5 Å². The Bertz CT molecular complexity index is 1290. The standard InChI is InChI=1S/C25H24F3N3O3S/c1-18(2)19-12-14-21(15-13-19)31(35(33,34)22-9-4-3-5-10-22)17-24(32)30-29-16-20-8-6-7-11-23(20)25(26,27)28/h3-16,18H,17H2,1-2H3,(H,30,32)/b29-16-. The van der Waals surface area contributed by atoms with Crippen molar-refractivity contribution in [1.82, 2.24) is 5.43 Å². The van der Waals surface area contributed by atoms with Crippen molar-refractivity contribution in [3.63, 3.8) is 0 Å². The van der Waals surface area contributed by atoms with Crippen LogP contribution in [0.2, 0.25) is 0 Å². The summed E-state index contributed by atoms with van der Waals surface area (Å²) in [6.07, 6.45) is -3.72. The van der Waals surface area contributed by atoms with Crippen LogP contribution in [0.15, 0.2) is 88.9 Å². The molecule has 184 valence electrons. The van der Waals surface area contributed by atoms with E-state index in [1.165, 1.54) is 30.3 Å². The van der Waals surface area contributed by atoms with Crippen LogP contribution in [0, 0.1) is 0 Å². The zero-order valence-electron chi connectivity index (χ0n) is 19.0. The lowest BCUT2D eigenvalue weighted by Crippen LogP contribution is -2.39. The van der Waals surface area contributed by atoms with Crippen LogP contribution in [0.1, 0.15) is 36.5 Å². The smallest absolute Gasteiger partial charge is 0.271 e. The number of hydrazone groups is 1. The van der Waals surface area contributed by atoms with Gasteiger partial charge in [0.15, 0.2) is 0 Å². The van der Waals surface area contributed by atoms with Gasteiger partial charge in [0.25, 0.3) is 15.9 Å². The number of carbonyl (C=O) groups is 1. The van der Waals surface area contributed by atoms with Gasteiger partial charge in [-0.1, -0.05) is 62.4 Å². The van der Waals surface area contributed by atoms with Crippen LogP contribution in [0.3, 0.4) is 0 Å². The van der Waals surface area contributed by atoms with Crippen LogP contribution in [-0.4, -0.2) is 27.1 Å². The molecule has 1 N–H and O–H groups in total. The Morgan fingerprint density at radius 3 is 2.17 bits per heavy atom. The minimum atomic E-state index is -4.59. The molecule has 3 rings (SSSR count). The molecule has 35 heavy (non-hydrogen) atoms. The first-order chi connectivity index (χ1) is 16.5. The number of alkyl halides is 3. The fourth-order valence-corrected chi connectivity index (χ4v) is 4.71. The van der Waals surface area contributed by atoms with Crippen molar-refractivity contribution in [3.8, 4) is 0 Å². The molecule has 0 saturated heterocycles. The number of carbonyl (C=O) groups excluding carboxylic acids is 1. The summed E-state index contributed by atoms with van der Waals surface area (Å²) in [6, 6.07) is 19.1. The molecule has 0 bridgehead atoms. The lowest BCUT2D eigenvalue weighted by molar-refractivity contribution is -0.137. The first-order valence-electron chi connectivity index (χ1n) is 10.7. The average molecular weight is 504 g/mol. The minimum Gasteiger partial charge on any atom is -0.271 e. The number of rotatable bonds is 8. The molecule has 10 heteroatoms. The molecule has 0 heterocycles. The minimum absolute atomic E-state index is 0.0108. The molecular weight excluding hydrogens is 479 g/mol. The van der Waals surface area contributed by atoms with Gasteiger partial charge < -0.3 is 0 Å². The number of nitrogens with one attached hydrogen (secondary N) is 1. The van der Waals surface area contributed by atoms with Gasteiger partial charge in [0, 0.05) is 5.56 Å². The number of anilines is 1. The van der Waals surface area contributed by atoms with Gasteiger partial charge in [-0.15, -0.1) is 0 Å². The third-order valence-corrected chi connectivity index (χ3v) is 6.91. The highest BCUT2D eigenvalue weighted by Gasteiger charge is 2.32. The summed E-state index contributed by atoms with van der Waals surface area (Å²) >= 11 is 0. The Morgan fingerprint density at radius 2 is 1.57 bits per heavy atom. The first-order valence-corrected chi connectivity index (χ1v) is 12.1. The van der Waals surface area contributed by atoms with Crippen LogP contribution >= 0.6 is 0 Å². The van der Waals surface area contributed by atoms with E-state index in [-0.39, 0.29) is 22.1 Å². The molecule has 0 aliphatic heterocycles. The normalized spacial score (nSPS) is 12.2. The predicted molar refractivity (Wildman–Crippen MR) is 129 cm³/mol. The van der Waals surface area contributed by atoms with Crippen LogP contribution in [0.5, 0.6) is 0 Å². The average Bonchev–Trinajstić information content (AvgIpc) is 2.83. The summed E-state index contributed by atoms with van der Waals surface area (Å²) < 4.78 is 67.0. The molecule has 3 aromatic rings. The maximum absolute atomic E-state index is 13.3. The van der Waals surface area contributed by atoms with E-state index in [2.05, 4.69) is 10.5 Å². The van der Waals surface area contributed by atoms with E-state index in [4.69, 9.17) is 0 Å². The van der Waals surface area contributed by atoms with Gasteiger partial charge in [0.2, 0.25) is 0 Å². The zero-order chi connectivity index (χ0) is 25.6. The third-order valence-electron chi connectivity index (χ3n) is 5.13. The highest BCUT2D eigenvalue weighted by atomic mass is 32.2. The van der Waals surface area contributed by atoms with Crippen LogP contribution in [0.25, 0.3) is 0 Å². The van der Waals surface area contributed by atoms with E-state index < -0.39 is 34.2 Å². The lowest BCUT2D eigenvalue weighted by Gasteiger charge is -2.24. The second kappa shape index (κ2) is 10.7. The molecule has 6 nitrogen and oxygen atoms in total. The van der Waals surface area contributed by atoms with Crippen molar-refractivity contribution in [2.45, 2.75) is 30.8 Å². The lowest BCUT2D eigenvalue weighted by atomic mass is 10.0. The fraction of sp³-hybridized carbons (Fsp3) is 0.200. The molecule has 0 spiro atoms. The van der Waals surface area contributed by atoms with Crippen molar-refractivity contribution in [3.05, 3.63) is 95.6 Å². The zero-order valence-corrected chi connectivity index (χ0v) is 19.8. The molecule has 1 amide bonds. The molecule has 0 fully saturated rings. The first kappa shape index (κ1) is 26.0. The van der Waals surface area contributed by atoms with Crippen molar-refractivity contribution in [2.24, 2.45) is 5.10 Å². The fourth-order valence-electron chi connectivity index (χ4n) is 3.27. The number of amides is 1. The SMILES string of the molecule is CC(C)c1ccc(N(CC(=O)N/N=C\c2ccccc2C(F)(F)F)S(=O)(=O)c2ccccc2)cc1. The van der Waals surface area contributed by atoms with Gasteiger partial charge in [0.05, 0.1) is 22.4 Å². The molecule has 3 aromatic carbocycles. The Labute approximate surface area is 202 Å². The molecule has 0 aliphatic carbocycles. The Hall–Kier alpha value is -3.66. The molecule has 0 unspecified atom stereocenters. The number of halogens is 3. The summed E-state index contributed by atoms with van der Waals surface area (Å²) in [4.78, 5) is 12.6. The summed E-state index contributed by atoms with van der Waals surface area (Å²) in [5.74, 6) is -0.598. The summed E-state index contributed by atoms with van der Waals surface area (Å²) in [5.41, 5.74) is 2.23. The Balaban J connectivity index is 1.86. The summed E-state index contributed by atoms with van der Waals surface area (Å²) in [7, 11) is -4.11. The maximum Gasteiger partial charge on any atom is 0.417 e. The maximum atomic E-state index is 13.3. The van der Waals surface area contributed by atoms with E-state index >= 15 is 0 Å². The number of benzene rings is 3. The quantitative estimate of drug-likeness (QED) is 0.340. The van der Waals surface area contributed by atoms with Crippen LogP contribution in [0.4, 0.5) is 18.9 Å². The third kappa shape index (κ3) is 6.48. The Morgan fingerprint density at radius 1 is 0.971 bits per heavy atom. The van der Waals surface area contributed by atoms with E-state index in [0.717, 1.165) is 22.1 Å². The van der Waals surface area contributed by atoms with E-state index in [9.17, 15) is 26.4 Å². The highest BCUT2D eigenvalue weighted by molar-refractivity contribution is 7.92. The van der Waals surface area contributed by atoms with Crippen LogP contribution in [-0.2, 0) is 21.0 Å². The number of nitrogens with zero attached hydrogens (tertiary/aromatic N) is 2. The van der Waals surface area contributed by atoms with Crippen LogP contribution < -0.4 is 9.73 Å². The predicted octanol–water partition coefficient (Wildman–Crippen LogP) is 5.17. The number of sulfonamides is 1. The second-order valence-electron chi connectivity index (χ2n) is 7.95. The molecule has 0 saturated carbocycles. The Kier molecular flexibility index (Phi) is 7.96. The van der Waals surface area contributed by atoms with Gasteiger partial charge >= 0.3 is 6.18 Å². The van der Waals surface area contributed by atoms with Gasteiger partial charge in [-0.05, 0) is 41.8 Å². The largest absolute Gasteiger partial charge is 0.417 e. The molecule has 0 aliphatic rings. The number of hydrogen-bond donors (Lipinski definition) is 1. The van der Waals surface area contributed by atoms with Crippen molar-refractivity contribution in [2.75, 3.05) is 10.8 Å². The van der Waals surface area contributed by atoms with Gasteiger partial charge in [-0.2, -0.15) is 18.3 Å². The van der Waals surface area contributed by atoms with Crippen molar-refractivity contribution >= 4 is 27.8 Å². The molecule has 0 aromatic heterocycles. The van der Waals surface area contributed by atoms with Gasteiger partial charge in [-0.3, -0.25) is 9.10 Å². The number of hydrogen-bond acceptors (Lipinski definition) is 4. The molecule has 0 radical (unpaired) electrons. The highest BCUT2D eigenvalue weighted by Crippen LogP contribution is 2.31. The monoisotopic (exact) mass is 503 g/mol. The van der Waals surface area contributed by atoms with Crippen molar-refractivity contribution in [1.29, 1.82) is 0 Å². The van der Waals surface area contributed by atoms with Gasteiger partial charge in [-0.25, -0.2) is 13.8 Å². The summed E-state index contributed by atoms with van der Waals surface area (Å²) in [5, 5.41) is 3.61. The molecule has 0 atom stereocenters. The van der Waals surface area contributed by atoms with E-state index in [1.807, 2.05) is 13.8 Å². The topological polar surface area (TPSA) is 78.8 Å². The summed E-state index contributed by atoms with van der Waals surface area (Å²) in [6.45, 7) is 3.36. The molecular formula is C25H24F3N3O3S. The van der Waals surface area contributed by atoms with Gasteiger partial charge in [0.1, 0.15) is 6.54 Å². The van der Waals surface area contributed by atoms with E-state index in [0.29, 0.717) is 0 Å².